The van der Waals surface area contributed by atoms with Gasteiger partial charge in [0.25, 0.3) is 0 Å². The first-order chi connectivity index (χ1) is 11.2. The smallest absolute Gasteiger partial charge is 0.0958 e. The fraction of sp³-hybridized carbons (Fsp3) is 1.00. The van der Waals surface area contributed by atoms with Crippen LogP contribution in [0.5, 0.6) is 0 Å². The molecule has 0 heterocycles. The second kappa shape index (κ2) is 5.44. The van der Waals surface area contributed by atoms with Gasteiger partial charge in [-0.15, -0.1) is 0 Å². The summed E-state index contributed by atoms with van der Waals surface area (Å²) in [6.07, 6.45) is 8.99. The second-order valence-corrected chi connectivity index (χ2v) is 10.2. The summed E-state index contributed by atoms with van der Waals surface area (Å²) in [5.74, 6) is 2.69. The highest BCUT2D eigenvalue weighted by Gasteiger charge is 2.65. The zero-order valence-electron chi connectivity index (χ0n) is 15.7. The van der Waals surface area contributed by atoms with Crippen molar-refractivity contribution in [2.24, 2.45) is 34.5 Å². The van der Waals surface area contributed by atoms with Gasteiger partial charge in [0.15, 0.2) is 0 Å². The molecule has 3 N–H and O–H groups in total. The number of aliphatic hydroxyl groups excluding tert-OH is 2. The first-order valence-electron chi connectivity index (χ1n) is 10.3. The molecule has 0 radical (unpaired) electrons. The Balaban J connectivity index is 1.63. The summed E-state index contributed by atoms with van der Waals surface area (Å²) < 4.78 is 0. The number of fused-ring (bicyclic) bond motifs is 5. The topological polar surface area (TPSA) is 60.7 Å². The summed E-state index contributed by atoms with van der Waals surface area (Å²) in [6, 6.07) is 0. The Morgan fingerprint density at radius 3 is 2.33 bits per heavy atom. The van der Waals surface area contributed by atoms with Crippen molar-refractivity contribution in [2.75, 3.05) is 0 Å². The lowest BCUT2D eigenvalue weighted by atomic mass is 9.44. The van der Waals surface area contributed by atoms with Crippen LogP contribution in [-0.2, 0) is 0 Å². The maximum absolute atomic E-state index is 11.3. The molecule has 3 heteroatoms. The Bertz CT molecular complexity index is 505. The standard InChI is InChI=1S/C21H36O3/c1-13(22)21(24)11-8-18-16-5-4-14-12-15(23)6-9-19(14,2)17(16)7-10-20(18,21)3/h13-18,22-24H,4-12H2,1-3H3/t13-,14+,15+,16?,17?,18?,19+,20+,21+/m1/s1. The van der Waals surface area contributed by atoms with Crippen molar-refractivity contribution in [2.45, 2.75) is 96.4 Å². The van der Waals surface area contributed by atoms with E-state index in [1.165, 1.54) is 25.7 Å². The maximum Gasteiger partial charge on any atom is 0.0958 e. The lowest BCUT2D eigenvalue weighted by Crippen LogP contribution is -2.59. The van der Waals surface area contributed by atoms with Crippen LogP contribution < -0.4 is 0 Å². The molecule has 24 heavy (non-hydrogen) atoms. The van der Waals surface area contributed by atoms with Crippen LogP contribution in [0.4, 0.5) is 0 Å². The van der Waals surface area contributed by atoms with Gasteiger partial charge in [0.2, 0.25) is 0 Å². The molecular weight excluding hydrogens is 300 g/mol. The quantitative estimate of drug-likeness (QED) is 0.687. The van der Waals surface area contributed by atoms with Crippen molar-refractivity contribution >= 4 is 0 Å². The normalized spacial score (nSPS) is 58.5. The van der Waals surface area contributed by atoms with Crippen molar-refractivity contribution in [3.8, 4) is 0 Å². The highest BCUT2D eigenvalue weighted by molar-refractivity contribution is 5.15. The third kappa shape index (κ3) is 2.07. The molecule has 138 valence electrons. The Morgan fingerprint density at radius 1 is 0.917 bits per heavy atom. The number of rotatable bonds is 1. The summed E-state index contributed by atoms with van der Waals surface area (Å²) >= 11 is 0. The molecule has 9 atom stereocenters. The van der Waals surface area contributed by atoms with Gasteiger partial charge in [-0.2, -0.15) is 0 Å². The van der Waals surface area contributed by atoms with Crippen LogP contribution in [0.3, 0.4) is 0 Å². The minimum absolute atomic E-state index is 0.0831. The fourth-order valence-electron chi connectivity index (χ4n) is 7.97. The molecule has 4 saturated carbocycles. The zero-order chi connectivity index (χ0) is 17.3. The molecule has 0 aliphatic heterocycles. The molecule has 0 aromatic carbocycles. The Morgan fingerprint density at radius 2 is 1.62 bits per heavy atom. The van der Waals surface area contributed by atoms with Crippen molar-refractivity contribution in [3.63, 3.8) is 0 Å². The Hall–Kier alpha value is -0.120. The third-order valence-electron chi connectivity index (χ3n) is 9.54. The molecule has 4 fully saturated rings. The van der Waals surface area contributed by atoms with Crippen molar-refractivity contribution < 1.29 is 15.3 Å². The van der Waals surface area contributed by atoms with Gasteiger partial charge in [-0.25, -0.2) is 0 Å². The number of hydrogen-bond donors (Lipinski definition) is 3. The summed E-state index contributed by atoms with van der Waals surface area (Å²) in [6.45, 7) is 6.53. The van der Waals surface area contributed by atoms with E-state index in [1.54, 1.807) is 6.92 Å². The minimum Gasteiger partial charge on any atom is -0.393 e. The van der Waals surface area contributed by atoms with Gasteiger partial charge in [0.05, 0.1) is 17.8 Å². The predicted molar refractivity (Wildman–Crippen MR) is 94.4 cm³/mol. The average molecular weight is 337 g/mol. The lowest BCUT2D eigenvalue weighted by molar-refractivity contribution is -0.186. The van der Waals surface area contributed by atoms with E-state index in [0.29, 0.717) is 23.2 Å². The third-order valence-corrected chi connectivity index (χ3v) is 9.54. The summed E-state index contributed by atoms with van der Waals surface area (Å²) in [5, 5.41) is 31.7. The van der Waals surface area contributed by atoms with Crippen molar-refractivity contribution in [1.82, 2.24) is 0 Å². The molecule has 3 unspecified atom stereocenters. The molecule has 0 saturated heterocycles. The Labute approximate surface area is 146 Å². The molecule has 4 aliphatic carbocycles. The van der Waals surface area contributed by atoms with Gasteiger partial charge in [-0.1, -0.05) is 13.8 Å². The molecule has 0 aromatic heterocycles. The van der Waals surface area contributed by atoms with Crippen LogP contribution in [0.25, 0.3) is 0 Å². The maximum atomic E-state index is 11.3. The molecule has 0 spiro atoms. The molecule has 4 aliphatic rings. The molecule has 4 rings (SSSR count). The van der Waals surface area contributed by atoms with Crippen LogP contribution >= 0.6 is 0 Å². The van der Waals surface area contributed by atoms with Crippen LogP contribution in [0.2, 0.25) is 0 Å². The minimum atomic E-state index is -0.900. The van der Waals surface area contributed by atoms with Gasteiger partial charge >= 0.3 is 0 Å². The van der Waals surface area contributed by atoms with Gasteiger partial charge in [0, 0.05) is 5.41 Å². The molecular formula is C21H36O3. The first kappa shape index (κ1) is 17.3. The van der Waals surface area contributed by atoms with E-state index in [1.807, 2.05) is 0 Å². The van der Waals surface area contributed by atoms with Crippen LogP contribution in [0.1, 0.15) is 78.6 Å². The van der Waals surface area contributed by atoms with Crippen molar-refractivity contribution in [3.05, 3.63) is 0 Å². The lowest BCUT2D eigenvalue weighted by Gasteiger charge is -2.61. The molecule has 0 amide bonds. The summed E-state index contributed by atoms with van der Waals surface area (Å²) in [7, 11) is 0. The first-order valence-corrected chi connectivity index (χ1v) is 10.3. The van der Waals surface area contributed by atoms with E-state index < -0.39 is 11.7 Å². The van der Waals surface area contributed by atoms with Crippen LogP contribution in [0.15, 0.2) is 0 Å². The zero-order valence-corrected chi connectivity index (χ0v) is 15.7. The number of aliphatic hydroxyl groups is 3. The van der Waals surface area contributed by atoms with Gasteiger partial charge in [-0.05, 0) is 93.8 Å². The van der Waals surface area contributed by atoms with Crippen molar-refractivity contribution in [1.29, 1.82) is 0 Å². The molecule has 0 bridgehead atoms. The van der Waals surface area contributed by atoms with Crippen LogP contribution in [0, 0.1) is 34.5 Å². The fourth-order valence-corrected chi connectivity index (χ4v) is 7.97. The average Bonchev–Trinajstić information content (AvgIpc) is 2.81. The SMILES string of the molecule is C[C@@H](O)[C@@]1(O)CCC2C3CC[C@H]4C[C@@H](O)CC[C@]4(C)C3CC[C@@]21C. The van der Waals surface area contributed by atoms with E-state index in [-0.39, 0.29) is 11.5 Å². The monoisotopic (exact) mass is 336 g/mol. The highest BCUT2D eigenvalue weighted by atomic mass is 16.3. The van der Waals surface area contributed by atoms with E-state index >= 15 is 0 Å². The summed E-state index contributed by atoms with van der Waals surface area (Å²) in [4.78, 5) is 0. The van der Waals surface area contributed by atoms with Gasteiger partial charge in [0.1, 0.15) is 0 Å². The van der Waals surface area contributed by atoms with E-state index in [0.717, 1.165) is 38.0 Å². The largest absolute Gasteiger partial charge is 0.393 e. The highest BCUT2D eigenvalue weighted by Crippen LogP contribution is 2.68. The summed E-state index contributed by atoms with van der Waals surface area (Å²) in [5.41, 5.74) is -0.641. The molecule has 0 aromatic rings. The van der Waals surface area contributed by atoms with E-state index in [2.05, 4.69) is 13.8 Å². The van der Waals surface area contributed by atoms with E-state index in [4.69, 9.17) is 0 Å². The van der Waals surface area contributed by atoms with Gasteiger partial charge < -0.3 is 15.3 Å². The van der Waals surface area contributed by atoms with Crippen LogP contribution in [-0.4, -0.2) is 33.1 Å². The Kier molecular flexibility index (Phi) is 3.92. The van der Waals surface area contributed by atoms with E-state index in [9.17, 15) is 15.3 Å². The predicted octanol–water partition coefficient (Wildman–Crippen LogP) is 3.50. The second-order valence-electron chi connectivity index (χ2n) is 10.2. The van der Waals surface area contributed by atoms with Gasteiger partial charge in [-0.3, -0.25) is 0 Å². The number of hydrogen-bond acceptors (Lipinski definition) is 3. The molecule has 3 nitrogen and oxygen atoms in total.